The molecule has 0 bridgehead atoms. The van der Waals surface area contributed by atoms with Crippen molar-refractivity contribution >= 4 is 80.5 Å². The Morgan fingerprint density at radius 3 is 1.17 bits per heavy atom. The highest BCUT2D eigenvalue weighted by molar-refractivity contribution is 7.91. The van der Waals surface area contributed by atoms with E-state index in [-0.39, 0.29) is 9.79 Å². The number of rotatable bonds is 6. The van der Waals surface area contributed by atoms with Gasteiger partial charge >= 0.3 is 0 Å². The third-order valence-corrected chi connectivity index (χ3v) is 8.05. The number of halogens is 4. The molecule has 0 radical (unpaired) electrons. The second-order valence-corrected chi connectivity index (χ2v) is 11.3. The third kappa shape index (κ3) is 6.38. The minimum absolute atomic E-state index is 0.135. The molecule has 176 valence electrons. The van der Waals surface area contributed by atoms with E-state index >= 15 is 0 Å². The Morgan fingerprint density at radius 2 is 0.800 bits per heavy atom. The van der Waals surface area contributed by atoms with Gasteiger partial charge in [0.25, 0.3) is 0 Å². The van der Waals surface area contributed by atoms with Crippen molar-refractivity contribution in [3.8, 4) is 0 Å². The lowest BCUT2D eigenvalue weighted by Gasteiger charge is -2.12. The molecule has 0 saturated carbocycles. The van der Waals surface area contributed by atoms with Gasteiger partial charge in [-0.15, -0.1) is 0 Å². The van der Waals surface area contributed by atoms with E-state index in [4.69, 9.17) is 46.4 Å². The van der Waals surface area contributed by atoms with Crippen LogP contribution in [0.25, 0.3) is 24.3 Å². The number of sulfone groups is 1. The van der Waals surface area contributed by atoms with Crippen molar-refractivity contribution in [2.24, 2.45) is 0 Å². The Kier molecular flexibility index (Phi) is 8.05. The van der Waals surface area contributed by atoms with Crippen LogP contribution in [0.15, 0.2) is 94.7 Å². The zero-order valence-corrected chi connectivity index (χ0v) is 22.0. The minimum Gasteiger partial charge on any atom is -0.218 e. The molecule has 0 aromatic heterocycles. The van der Waals surface area contributed by atoms with Crippen molar-refractivity contribution in [2.75, 3.05) is 0 Å². The first-order valence-electron chi connectivity index (χ1n) is 10.4. The van der Waals surface area contributed by atoms with Crippen LogP contribution in [0.3, 0.4) is 0 Å². The van der Waals surface area contributed by atoms with E-state index < -0.39 is 9.84 Å². The molecule has 0 saturated heterocycles. The quantitative estimate of drug-likeness (QED) is 0.220. The zero-order chi connectivity index (χ0) is 25.0. The monoisotopic (exact) mass is 558 g/mol. The van der Waals surface area contributed by atoms with Gasteiger partial charge in [0.1, 0.15) is 0 Å². The molecular weight excluding hydrogens is 542 g/mol. The second-order valence-electron chi connectivity index (χ2n) is 7.64. The van der Waals surface area contributed by atoms with Crippen molar-refractivity contribution in [3.63, 3.8) is 0 Å². The average molecular weight is 560 g/mol. The van der Waals surface area contributed by atoms with Crippen LogP contribution in [-0.4, -0.2) is 8.42 Å². The van der Waals surface area contributed by atoms with E-state index in [1.165, 1.54) is 12.1 Å². The summed E-state index contributed by atoms with van der Waals surface area (Å²) < 4.78 is 27.6. The van der Waals surface area contributed by atoms with Gasteiger partial charge in [-0.2, -0.15) is 0 Å². The lowest BCUT2D eigenvalue weighted by Crippen LogP contribution is -2.06. The Balaban J connectivity index is 1.77. The summed E-state index contributed by atoms with van der Waals surface area (Å²) in [6.07, 6.45) is 7.07. The summed E-state index contributed by atoms with van der Waals surface area (Å²) in [7, 11) is -3.92. The highest BCUT2D eigenvalue weighted by atomic mass is 35.5. The zero-order valence-electron chi connectivity index (χ0n) is 18.1. The van der Waals surface area contributed by atoms with E-state index in [1.54, 1.807) is 60.7 Å². The summed E-state index contributed by atoms with van der Waals surface area (Å²) in [6, 6.07) is 23.8. The van der Waals surface area contributed by atoms with Crippen LogP contribution in [0.1, 0.15) is 22.3 Å². The van der Waals surface area contributed by atoms with E-state index in [9.17, 15) is 8.42 Å². The molecule has 0 heterocycles. The maximum absolute atomic E-state index is 13.8. The number of hydrogen-bond donors (Lipinski definition) is 0. The van der Waals surface area contributed by atoms with E-state index in [1.807, 2.05) is 36.4 Å². The summed E-state index contributed by atoms with van der Waals surface area (Å²) in [5.74, 6) is 0. The topological polar surface area (TPSA) is 34.1 Å². The van der Waals surface area contributed by atoms with Crippen LogP contribution < -0.4 is 0 Å². The highest BCUT2D eigenvalue weighted by Crippen LogP contribution is 2.32. The molecule has 0 N–H and O–H groups in total. The minimum atomic E-state index is -3.92. The molecule has 0 aliphatic heterocycles. The van der Waals surface area contributed by atoms with Gasteiger partial charge in [0.2, 0.25) is 9.84 Å². The van der Waals surface area contributed by atoms with Gasteiger partial charge in [0.05, 0.1) is 9.79 Å². The Morgan fingerprint density at radius 1 is 0.457 bits per heavy atom. The molecule has 7 heteroatoms. The van der Waals surface area contributed by atoms with Crippen molar-refractivity contribution in [3.05, 3.63) is 127 Å². The van der Waals surface area contributed by atoms with Crippen LogP contribution in [0.5, 0.6) is 0 Å². The fourth-order valence-corrected chi connectivity index (χ4v) is 5.65. The van der Waals surface area contributed by atoms with Gasteiger partial charge in [-0.05, 0) is 82.9 Å². The summed E-state index contributed by atoms with van der Waals surface area (Å²) in [4.78, 5) is 0.270. The predicted octanol–water partition coefficient (Wildman–Crippen LogP) is 9.47. The lowest BCUT2D eigenvalue weighted by molar-refractivity contribution is 0.596. The van der Waals surface area contributed by atoms with Gasteiger partial charge in [-0.25, -0.2) is 8.42 Å². The molecule has 0 spiro atoms. The maximum Gasteiger partial charge on any atom is 0.207 e. The van der Waals surface area contributed by atoms with Crippen LogP contribution in [0.2, 0.25) is 20.1 Å². The molecule has 0 aliphatic carbocycles. The average Bonchev–Trinajstić information content (AvgIpc) is 2.83. The van der Waals surface area contributed by atoms with Crippen LogP contribution in [0, 0.1) is 0 Å². The predicted molar refractivity (Wildman–Crippen MR) is 149 cm³/mol. The summed E-state index contributed by atoms with van der Waals surface area (Å²) in [6.45, 7) is 0. The van der Waals surface area contributed by atoms with E-state index in [0.717, 1.165) is 11.1 Å². The van der Waals surface area contributed by atoms with Crippen LogP contribution in [0.4, 0.5) is 0 Å². The van der Waals surface area contributed by atoms with Gasteiger partial charge in [0, 0.05) is 20.1 Å². The van der Waals surface area contributed by atoms with E-state index in [2.05, 4.69) is 0 Å². The fourth-order valence-electron chi connectivity index (χ4n) is 3.43. The molecule has 0 amide bonds. The molecule has 2 nitrogen and oxygen atoms in total. The van der Waals surface area contributed by atoms with Gasteiger partial charge in [0.15, 0.2) is 0 Å². The first-order valence-corrected chi connectivity index (χ1v) is 13.4. The largest absolute Gasteiger partial charge is 0.218 e. The van der Waals surface area contributed by atoms with Crippen LogP contribution >= 0.6 is 46.4 Å². The van der Waals surface area contributed by atoms with Crippen molar-refractivity contribution in [1.82, 2.24) is 0 Å². The molecule has 0 unspecified atom stereocenters. The molecule has 4 aromatic rings. The summed E-state index contributed by atoms with van der Waals surface area (Å²) in [5, 5.41) is 2.10. The molecule has 4 aromatic carbocycles. The van der Waals surface area contributed by atoms with Crippen molar-refractivity contribution in [2.45, 2.75) is 9.79 Å². The first-order chi connectivity index (χ1) is 16.7. The molecule has 0 atom stereocenters. The normalized spacial score (nSPS) is 12.0. The fraction of sp³-hybridized carbons (Fsp3) is 0. The van der Waals surface area contributed by atoms with Gasteiger partial charge in [-0.3, -0.25) is 0 Å². The standard InChI is InChI=1S/C28H18Cl4O2S/c29-23-9-3-19(4-10-23)1-7-21-17-25(31)13-15-27(21)35(33,34)28-16-14-26(32)18-22(28)8-2-20-5-11-24(30)12-6-20/h1-18H. The molecule has 35 heavy (non-hydrogen) atoms. The molecule has 4 rings (SSSR count). The Bertz CT molecular complexity index is 1410. The summed E-state index contributed by atoms with van der Waals surface area (Å²) in [5.41, 5.74) is 2.68. The van der Waals surface area contributed by atoms with Crippen molar-refractivity contribution in [1.29, 1.82) is 0 Å². The number of benzene rings is 4. The van der Waals surface area contributed by atoms with Gasteiger partial charge in [-0.1, -0.05) is 95.0 Å². The second kappa shape index (κ2) is 11.0. The van der Waals surface area contributed by atoms with Gasteiger partial charge < -0.3 is 0 Å². The smallest absolute Gasteiger partial charge is 0.207 e. The van der Waals surface area contributed by atoms with Crippen LogP contribution in [-0.2, 0) is 9.84 Å². The highest BCUT2D eigenvalue weighted by Gasteiger charge is 2.23. The summed E-state index contributed by atoms with van der Waals surface area (Å²) >= 11 is 24.3. The third-order valence-electron chi connectivity index (χ3n) is 5.17. The van der Waals surface area contributed by atoms with E-state index in [0.29, 0.717) is 31.2 Å². The molecule has 0 fully saturated rings. The SMILES string of the molecule is O=S(=O)(c1ccc(Cl)cc1C=Cc1ccc(Cl)cc1)c1ccc(Cl)cc1C=Cc1ccc(Cl)cc1. The number of hydrogen-bond acceptors (Lipinski definition) is 2. The Hall–Kier alpha value is -2.53. The molecule has 0 aliphatic rings. The van der Waals surface area contributed by atoms with Crippen molar-refractivity contribution < 1.29 is 8.42 Å². The molecular formula is C28H18Cl4O2S. The lowest BCUT2D eigenvalue weighted by atomic mass is 10.1. The Labute approximate surface area is 225 Å². The maximum atomic E-state index is 13.8. The first kappa shape index (κ1) is 25.6.